The number of urea groups is 1. The van der Waals surface area contributed by atoms with E-state index in [1.165, 1.54) is 0 Å². The molecule has 2 aliphatic rings. The van der Waals surface area contributed by atoms with E-state index in [0.717, 1.165) is 13.1 Å². The average Bonchev–Trinajstić information content (AvgIpc) is 2.38. The highest BCUT2D eigenvalue weighted by molar-refractivity contribution is 5.97. The second-order valence-electron chi connectivity index (χ2n) is 5.07. The van der Waals surface area contributed by atoms with Crippen LogP contribution < -0.4 is 10.6 Å². The molecule has 2 heterocycles. The molecule has 0 radical (unpaired) electrons. The van der Waals surface area contributed by atoms with Gasteiger partial charge in [-0.15, -0.1) is 0 Å². The third kappa shape index (κ3) is 3.91. The highest BCUT2D eigenvalue weighted by Gasteiger charge is 2.28. The second-order valence-corrected chi connectivity index (χ2v) is 5.07. The summed E-state index contributed by atoms with van der Waals surface area (Å²) >= 11 is 0. The van der Waals surface area contributed by atoms with Crippen molar-refractivity contribution in [2.45, 2.75) is 18.9 Å². The molecule has 8 nitrogen and oxygen atoms in total. The van der Waals surface area contributed by atoms with Crippen LogP contribution in [-0.2, 0) is 9.59 Å². The van der Waals surface area contributed by atoms with Gasteiger partial charge in [0.2, 0.25) is 11.8 Å². The summed E-state index contributed by atoms with van der Waals surface area (Å²) in [4.78, 5) is 38.3. The third-order valence-electron chi connectivity index (χ3n) is 3.58. The van der Waals surface area contributed by atoms with Gasteiger partial charge in [-0.1, -0.05) is 0 Å². The SMILES string of the molecule is O=C1CC(CC(=O)N2CCN(CCO)CC2)NC(=O)N1. The van der Waals surface area contributed by atoms with Gasteiger partial charge in [0.15, 0.2) is 0 Å². The van der Waals surface area contributed by atoms with Crippen LogP contribution in [0.3, 0.4) is 0 Å². The van der Waals surface area contributed by atoms with Crippen LogP contribution in [-0.4, -0.2) is 78.1 Å². The van der Waals surface area contributed by atoms with E-state index in [-0.39, 0.29) is 31.3 Å². The molecule has 4 amide bonds. The molecule has 0 spiro atoms. The average molecular weight is 284 g/mol. The molecule has 2 fully saturated rings. The van der Waals surface area contributed by atoms with Gasteiger partial charge in [0.1, 0.15) is 0 Å². The summed E-state index contributed by atoms with van der Waals surface area (Å²) in [7, 11) is 0. The Morgan fingerprint density at radius 2 is 1.95 bits per heavy atom. The number of rotatable bonds is 4. The molecule has 20 heavy (non-hydrogen) atoms. The van der Waals surface area contributed by atoms with Crippen molar-refractivity contribution in [1.29, 1.82) is 0 Å². The first-order valence-electron chi connectivity index (χ1n) is 6.80. The van der Waals surface area contributed by atoms with Gasteiger partial charge >= 0.3 is 6.03 Å². The number of aliphatic hydroxyl groups excluding tert-OH is 1. The Labute approximate surface area is 117 Å². The van der Waals surface area contributed by atoms with E-state index in [1.807, 2.05) is 0 Å². The predicted octanol–water partition coefficient (Wildman–Crippen LogP) is -1.89. The molecule has 8 heteroatoms. The van der Waals surface area contributed by atoms with Gasteiger partial charge in [0.25, 0.3) is 0 Å². The van der Waals surface area contributed by atoms with Gasteiger partial charge in [-0.05, 0) is 0 Å². The molecule has 0 aromatic heterocycles. The van der Waals surface area contributed by atoms with Crippen LogP contribution in [0.2, 0.25) is 0 Å². The summed E-state index contributed by atoms with van der Waals surface area (Å²) in [5.41, 5.74) is 0. The molecule has 0 saturated carbocycles. The third-order valence-corrected chi connectivity index (χ3v) is 3.58. The standard InChI is InChI=1S/C12H20N4O4/c17-6-5-15-1-3-16(4-2-15)11(19)8-9-7-10(18)14-12(20)13-9/h9,17H,1-8H2,(H2,13,14,18,20). The van der Waals surface area contributed by atoms with Crippen LogP contribution in [0.1, 0.15) is 12.8 Å². The molecule has 2 rings (SSSR count). The Morgan fingerprint density at radius 3 is 2.55 bits per heavy atom. The minimum Gasteiger partial charge on any atom is -0.395 e. The van der Waals surface area contributed by atoms with E-state index < -0.39 is 12.1 Å². The van der Waals surface area contributed by atoms with Crippen molar-refractivity contribution in [3.05, 3.63) is 0 Å². The fourth-order valence-electron chi connectivity index (χ4n) is 2.50. The van der Waals surface area contributed by atoms with Gasteiger partial charge < -0.3 is 15.3 Å². The molecular weight excluding hydrogens is 264 g/mol. The van der Waals surface area contributed by atoms with Crippen LogP contribution in [0.15, 0.2) is 0 Å². The van der Waals surface area contributed by atoms with Crippen LogP contribution in [0.25, 0.3) is 0 Å². The van der Waals surface area contributed by atoms with Crippen LogP contribution in [0, 0.1) is 0 Å². The number of aliphatic hydroxyl groups is 1. The summed E-state index contributed by atoms with van der Waals surface area (Å²) in [6.45, 7) is 3.46. The lowest BCUT2D eigenvalue weighted by atomic mass is 10.1. The lowest BCUT2D eigenvalue weighted by molar-refractivity contribution is -0.133. The molecule has 2 aliphatic heterocycles. The molecule has 2 saturated heterocycles. The quantitative estimate of drug-likeness (QED) is 0.560. The van der Waals surface area contributed by atoms with Crippen molar-refractivity contribution in [3.63, 3.8) is 0 Å². The highest BCUT2D eigenvalue weighted by atomic mass is 16.3. The largest absolute Gasteiger partial charge is 0.395 e. The lowest BCUT2D eigenvalue weighted by Crippen LogP contribution is -2.55. The number of carbonyl (C=O) groups is 3. The summed E-state index contributed by atoms with van der Waals surface area (Å²) < 4.78 is 0. The maximum atomic E-state index is 12.1. The van der Waals surface area contributed by atoms with Crippen molar-refractivity contribution in [2.24, 2.45) is 0 Å². The Bertz CT molecular complexity index is 377. The van der Waals surface area contributed by atoms with Gasteiger partial charge in [0.05, 0.1) is 6.61 Å². The first-order valence-corrected chi connectivity index (χ1v) is 6.80. The zero-order chi connectivity index (χ0) is 14.5. The van der Waals surface area contributed by atoms with Gasteiger partial charge in [-0.25, -0.2) is 4.79 Å². The summed E-state index contributed by atoms with van der Waals surface area (Å²) in [5.74, 6) is -0.395. The number of β-amino-alcohol motifs (C(OH)–C–C–N with tert-alkyl or cyclic N) is 1. The first kappa shape index (κ1) is 14.7. The van der Waals surface area contributed by atoms with Crippen LogP contribution in [0.4, 0.5) is 4.79 Å². The predicted molar refractivity (Wildman–Crippen MR) is 69.8 cm³/mol. The normalized spacial score (nSPS) is 24.2. The first-order chi connectivity index (χ1) is 9.58. The number of carbonyl (C=O) groups excluding carboxylic acids is 3. The summed E-state index contributed by atoms with van der Waals surface area (Å²) in [6.07, 6.45) is 0.293. The maximum Gasteiger partial charge on any atom is 0.321 e. The molecular formula is C12H20N4O4. The molecule has 0 aromatic rings. The number of imide groups is 1. The van der Waals surface area contributed by atoms with E-state index in [2.05, 4.69) is 15.5 Å². The number of hydrogen-bond acceptors (Lipinski definition) is 5. The minimum atomic E-state index is -0.535. The molecule has 0 aromatic carbocycles. The van der Waals surface area contributed by atoms with Gasteiger partial charge in [0, 0.05) is 51.6 Å². The van der Waals surface area contributed by atoms with Crippen molar-refractivity contribution < 1.29 is 19.5 Å². The van der Waals surface area contributed by atoms with E-state index in [1.54, 1.807) is 4.90 Å². The number of piperazine rings is 1. The monoisotopic (exact) mass is 284 g/mol. The molecule has 0 aliphatic carbocycles. The molecule has 1 unspecified atom stereocenters. The van der Waals surface area contributed by atoms with E-state index in [0.29, 0.717) is 19.6 Å². The zero-order valence-electron chi connectivity index (χ0n) is 11.3. The lowest BCUT2D eigenvalue weighted by Gasteiger charge is -2.35. The van der Waals surface area contributed by atoms with E-state index >= 15 is 0 Å². The molecule has 1 atom stereocenters. The van der Waals surface area contributed by atoms with Crippen molar-refractivity contribution in [3.8, 4) is 0 Å². The van der Waals surface area contributed by atoms with Crippen molar-refractivity contribution in [2.75, 3.05) is 39.3 Å². The Balaban J connectivity index is 1.78. The van der Waals surface area contributed by atoms with Gasteiger partial charge in [-0.3, -0.25) is 19.8 Å². The maximum absolute atomic E-state index is 12.1. The molecule has 0 bridgehead atoms. The number of amides is 4. The fourth-order valence-corrected chi connectivity index (χ4v) is 2.50. The second kappa shape index (κ2) is 6.67. The number of nitrogens with zero attached hydrogens (tertiary/aromatic N) is 2. The van der Waals surface area contributed by atoms with E-state index in [9.17, 15) is 14.4 Å². The van der Waals surface area contributed by atoms with E-state index in [4.69, 9.17) is 5.11 Å². The van der Waals surface area contributed by atoms with Crippen molar-refractivity contribution >= 4 is 17.8 Å². The topological polar surface area (TPSA) is 102 Å². The fraction of sp³-hybridized carbons (Fsp3) is 0.750. The number of nitrogens with one attached hydrogen (secondary N) is 2. The highest BCUT2D eigenvalue weighted by Crippen LogP contribution is 2.09. The van der Waals surface area contributed by atoms with Gasteiger partial charge in [-0.2, -0.15) is 0 Å². The van der Waals surface area contributed by atoms with Crippen LogP contribution in [0.5, 0.6) is 0 Å². The Kier molecular flexibility index (Phi) is 4.91. The van der Waals surface area contributed by atoms with Crippen LogP contribution >= 0.6 is 0 Å². The Morgan fingerprint density at radius 1 is 1.25 bits per heavy atom. The zero-order valence-corrected chi connectivity index (χ0v) is 11.3. The molecule has 112 valence electrons. The Hall–Kier alpha value is -1.67. The van der Waals surface area contributed by atoms with Crippen molar-refractivity contribution in [1.82, 2.24) is 20.4 Å². The smallest absolute Gasteiger partial charge is 0.321 e. The summed E-state index contributed by atoms with van der Waals surface area (Å²) in [5, 5.41) is 13.6. The summed E-state index contributed by atoms with van der Waals surface area (Å²) in [6, 6.07) is -0.953. The molecule has 3 N–H and O–H groups in total. The minimum absolute atomic E-state index is 0.0475. The number of hydrogen-bond donors (Lipinski definition) is 3.